The summed E-state index contributed by atoms with van der Waals surface area (Å²) < 4.78 is 0. The highest BCUT2D eigenvalue weighted by Crippen LogP contribution is 2.23. The molecule has 2 unspecified atom stereocenters. The van der Waals surface area contributed by atoms with E-state index in [-0.39, 0.29) is 24.2 Å². The molecule has 0 heterocycles. The van der Waals surface area contributed by atoms with Crippen molar-refractivity contribution in [1.29, 1.82) is 0 Å². The molecule has 0 saturated carbocycles. The van der Waals surface area contributed by atoms with Crippen LogP contribution in [0.1, 0.15) is 13.3 Å². The minimum atomic E-state index is 0.0668. The van der Waals surface area contributed by atoms with Crippen LogP contribution >= 0.6 is 0 Å². The topological polar surface area (TPSA) is 37.3 Å². The Bertz CT molecular complexity index is 161. The maximum atomic E-state index is 10.8. The predicted octanol–water partition coefficient (Wildman–Crippen LogP) is 0.760. The van der Waals surface area contributed by atoms with Crippen LogP contribution in [-0.2, 0) is 4.79 Å². The number of rotatable bonds is 2. The van der Waals surface area contributed by atoms with Gasteiger partial charge in [-0.1, -0.05) is 12.2 Å². The summed E-state index contributed by atoms with van der Waals surface area (Å²) >= 11 is 0. The molecule has 0 bridgehead atoms. The predicted molar refractivity (Wildman–Crippen MR) is 38.5 cm³/mol. The van der Waals surface area contributed by atoms with Gasteiger partial charge in [-0.2, -0.15) is 0 Å². The molecule has 56 valence electrons. The maximum absolute atomic E-state index is 10.8. The summed E-state index contributed by atoms with van der Waals surface area (Å²) in [7, 11) is 0. The van der Waals surface area contributed by atoms with Gasteiger partial charge in [0.15, 0.2) is 0 Å². The maximum Gasteiger partial charge on any atom is 0.136 e. The van der Waals surface area contributed by atoms with Gasteiger partial charge in [-0.05, 0) is 13.3 Å². The van der Waals surface area contributed by atoms with Crippen LogP contribution in [0.2, 0.25) is 0 Å². The van der Waals surface area contributed by atoms with Gasteiger partial charge in [0.25, 0.3) is 0 Å². The SMILES string of the molecule is CC(=O)C1C=CC(CO)C1. The Morgan fingerprint density at radius 2 is 2.40 bits per heavy atom. The first-order chi connectivity index (χ1) is 4.74. The van der Waals surface area contributed by atoms with Crippen LogP contribution in [0.3, 0.4) is 0 Å². The smallest absolute Gasteiger partial charge is 0.136 e. The highest BCUT2D eigenvalue weighted by atomic mass is 16.3. The van der Waals surface area contributed by atoms with Crippen LogP contribution < -0.4 is 0 Å². The zero-order valence-electron chi connectivity index (χ0n) is 6.08. The molecule has 2 heteroatoms. The van der Waals surface area contributed by atoms with Gasteiger partial charge in [0.2, 0.25) is 0 Å². The summed E-state index contributed by atoms with van der Waals surface area (Å²) in [5.41, 5.74) is 0. The van der Waals surface area contributed by atoms with Gasteiger partial charge in [-0.15, -0.1) is 0 Å². The van der Waals surface area contributed by atoms with E-state index in [0.29, 0.717) is 0 Å². The van der Waals surface area contributed by atoms with Crippen molar-refractivity contribution >= 4 is 5.78 Å². The molecule has 10 heavy (non-hydrogen) atoms. The number of hydrogen-bond acceptors (Lipinski definition) is 2. The third-order valence-corrected chi connectivity index (χ3v) is 1.93. The minimum absolute atomic E-state index is 0.0668. The summed E-state index contributed by atoms with van der Waals surface area (Å²) in [4.78, 5) is 10.8. The first-order valence-corrected chi connectivity index (χ1v) is 3.53. The highest BCUT2D eigenvalue weighted by Gasteiger charge is 2.20. The van der Waals surface area contributed by atoms with Crippen molar-refractivity contribution in [2.75, 3.05) is 6.61 Å². The Morgan fingerprint density at radius 3 is 2.70 bits per heavy atom. The second-order valence-electron chi connectivity index (χ2n) is 2.78. The second kappa shape index (κ2) is 2.97. The van der Waals surface area contributed by atoms with Gasteiger partial charge in [-0.3, -0.25) is 4.79 Å². The van der Waals surface area contributed by atoms with Crippen LogP contribution in [0, 0.1) is 11.8 Å². The van der Waals surface area contributed by atoms with Gasteiger partial charge < -0.3 is 5.11 Å². The largest absolute Gasteiger partial charge is 0.396 e. The molecule has 0 aliphatic heterocycles. The molecule has 1 aliphatic rings. The Hall–Kier alpha value is -0.630. The van der Waals surface area contributed by atoms with Crippen molar-refractivity contribution in [2.24, 2.45) is 11.8 Å². The van der Waals surface area contributed by atoms with Crippen LogP contribution in [0.25, 0.3) is 0 Å². The number of carbonyl (C=O) groups is 1. The number of allylic oxidation sites excluding steroid dienone is 1. The monoisotopic (exact) mass is 140 g/mol. The van der Waals surface area contributed by atoms with Gasteiger partial charge in [0, 0.05) is 18.4 Å². The van der Waals surface area contributed by atoms with Crippen LogP contribution in [0.15, 0.2) is 12.2 Å². The van der Waals surface area contributed by atoms with Gasteiger partial charge in [0.1, 0.15) is 5.78 Å². The van der Waals surface area contributed by atoms with Crippen molar-refractivity contribution in [3.05, 3.63) is 12.2 Å². The van der Waals surface area contributed by atoms with E-state index in [2.05, 4.69) is 0 Å². The van der Waals surface area contributed by atoms with Crippen LogP contribution in [0.4, 0.5) is 0 Å². The van der Waals surface area contributed by atoms with E-state index < -0.39 is 0 Å². The third kappa shape index (κ3) is 1.45. The molecule has 0 fully saturated rings. The van der Waals surface area contributed by atoms with Gasteiger partial charge >= 0.3 is 0 Å². The quantitative estimate of drug-likeness (QED) is 0.575. The van der Waals surface area contributed by atoms with Crippen molar-refractivity contribution in [3.8, 4) is 0 Å². The van der Waals surface area contributed by atoms with Crippen molar-refractivity contribution in [1.82, 2.24) is 0 Å². The van der Waals surface area contributed by atoms with Crippen molar-refractivity contribution in [3.63, 3.8) is 0 Å². The molecule has 0 saturated heterocycles. The zero-order valence-corrected chi connectivity index (χ0v) is 6.08. The van der Waals surface area contributed by atoms with E-state index >= 15 is 0 Å². The molecule has 0 spiro atoms. The molecule has 2 atom stereocenters. The molecule has 2 nitrogen and oxygen atoms in total. The van der Waals surface area contributed by atoms with Crippen molar-refractivity contribution < 1.29 is 9.90 Å². The fraction of sp³-hybridized carbons (Fsp3) is 0.625. The number of hydrogen-bond donors (Lipinski definition) is 1. The fourth-order valence-corrected chi connectivity index (χ4v) is 1.21. The first kappa shape index (κ1) is 7.48. The van der Waals surface area contributed by atoms with E-state index in [4.69, 9.17) is 5.11 Å². The second-order valence-corrected chi connectivity index (χ2v) is 2.78. The normalized spacial score (nSPS) is 31.0. The molecule has 0 aromatic rings. The molecular formula is C8H12O2. The molecule has 0 aromatic heterocycles. The fourth-order valence-electron chi connectivity index (χ4n) is 1.21. The molecule has 0 aromatic carbocycles. The number of carbonyl (C=O) groups excluding carboxylic acids is 1. The summed E-state index contributed by atoms with van der Waals surface area (Å²) in [5, 5.41) is 8.70. The zero-order chi connectivity index (χ0) is 7.56. The van der Waals surface area contributed by atoms with Gasteiger partial charge in [0.05, 0.1) is 0 Å². The molecular weight excluding hydrogens is 128 g/mol. The summed E-state index contributed by atoms with van der Waals surface area (Å²) in [6, 6.07) is 0. The molecule has 0 radical (unpaired) electrons. The Morgan fingerprint density at radius 1 is 1.70 bits per heavy atom. The van der Waals surface area contributed by atoms with E-state index in [1.165, 1.54) is 0 Å². The van der Waals surface area contributed by atoms with E-state index in [1.54, 1.807) is 6.92 Å². The molecule has 0 amide bonds. The van der Waals surface area contributed by atoms with Crippen LogP contribution in [-0.4, -0.2) is 17.5 Å². The number of ketones is 1. The lowest BCUT2D eigenvalue weighted by Crippen LogP contribution is -2.08. The number of Topliss-reactive ketones (excluding diaryl/α,β-unsaturated/α-hetero) is 1. The summed E-state index contributed by atoms with van der Waals surface area (Å²) in [5.74, 6) is 0.484. The van der Waals surface area contributed by atoms with E-state index in [0.717, 1.165) is 6.42 Å². The van der Waals surface area contributed by atoms with Gasteiger partial charge in [-0.25, -0.2) is 0 Å². The number of aliphatic hydroxyl groups is 1. The van der Waals surface area contributed by atoms with Crippen LogP contribution in [0.5, 0.6) is 0 Å². The third-order valence-electron chi connectivity index (χ3n) is 1.93. The lowest BCUT2D eigenvalue weighted by Gasteiger charge is -2.04. The Balaban J connectivity index is 2.45. The Kier molecular flexibility index (Phi) is 2.22. The molecule has 1 N–H and O–H groups in total. The minimum Gasteiger partial charge on any atom is -0.396 e. The van der Waals surface area contributed by atoms with E-state index in [9.17, 15) is 4.79 Å². The molecule has 1 aliphatic carbocycles. The average molecular weight is 140 g/mol. The molecule has 1 rings (SSSR count). The summed E-state index contributed by atoms with van der Waals surface area (Å²) in [6.07, 6.45) is 4.61. The Labute approximate surface area is 60.6 Å². The first-order valence-electron chi connectivity index (χ1n) is 3.53. The lowest BCUT2D eigenvalue weighted by molar-refractivity contribution is -0.119. The standard InChI is InChI=1S/C8H12O2/c1-6(10)8-3-2-7(4-8)5-9/h2-3,7-9H,4-5H2,1H3. The average Bonchev–Trinajstić information content (AvgIpc) is 2.34. The lowest BCUT2D eigenvalue weighted by atomic mass is 10.0. The van der Waals surface area contributed by atoms with Crippen molar-refractivity contribution in [2.45, 2.75) is 13.3 Å². The highest BCUT2D eigenvalue weighted by molar-refractivity contribution is 5.80. The van der Waals surface area contributed by atoms with E-state index in [1.807, 2.05) is 12.2 Å². The summed E-state index contributed by atoms with van der Waals surface area (Å²) in [6.45, 7) is 1.76. The number of aliphatic hydroxyl groups excluding tert-OH is 1.